The number of hydrogen-bond donors (Lipinski definition) is 1. The van der Waals surface area contributed by atoms with Crippen LogP contribution in [0.15, 0.2) is 6.07 Å². The van der Waals surface area contributed by atoms with Gasteiger partial charge in [0.05, 0.1) is 0 Å². The lowest BCUT2D eigenvalue weighted by molar-refractivity contribution is -0.0881. The molecule has 116 valence electrons. The molecule has 0 amide bonds. The van der Waals surface area contributed by atoms with Gasteiger partial charge in [0, 0.05) is 31.3 Å². The maximum Gasteiger partial charge on any atom is 0.162 e. The van der Waals surface area contributed by atoms with Crippen LogP contribution in [0.2, 0.25) is 0 Å². The van der Waals surface area contributed by atoms with E-state index in [0.717, 1.165) is 31.1 Å². The molecule has 4 heteroatoms. The largest absolute Gasteiger partial charge is 0.373 e. The predicted octanol–water partition coefficient (Wildman–Crippen LogP) is 3.84. The Labute approximate surface area is 127 Å². The highest BCUT2D eigenvalue weighted by Gasteiger charge is 2.41. The molecule has 2 fully saturated rings. The van der Waals surface area contributed by atoms with Gasteiger partial charge in [0.2, 0.25) is 0 Å². The van der Waals surface area contributed by atoms with Gasteiger partial charge < -0.3 is 10.1 Å². The summed E-state index contributed by atoms with van der Waals surface area (Å²) in [5, 5.41) is 3.19. The van der Waals surface area contributed by atoms with E-state index in [4.69, 9.17) is 14.7 Å². The SMILES string of the molecule is CCOC1(c2nc(NC)cc(C3CC3)n2)CCCC(C)C1. The Morgan fingerprint density at radius 2 is 2.14 bits per heavy atom. The van der Waals surface area contributed by atoms with E-state index < -0.39 is 0 Å². The predicted molar refractivity (Wildman–Crippen MR) is 84.5 cm³/mol. The summed E-state index contributed by atoms with van der Waals surface area (Å²) in [5.74, 6) is 3.15. The van der Waals surface area contributed by atoms with Gasteiger partial charge in [0.15, 0.2) is 5.82 Å². The number of nitrogens with zero attached hydrogens (tertiary/aromatic N) is 2. The first-order chi connectivity index (χ1) is 10.2. The Balaban J connectivity index is 1.99. The molecule has 4 nitrogen and oxygen atoms in total. The molecule has 0 aliphatic heterocycles. The molecule has 0 bridgehead atoms. The normalized spacial score (nSPS) is 29.4. The third-order valence-electron chi connectivity index (χ3n) is 4.78. The Bertz CT molecular complexity index is 497. The topological polar surface area (TPSA) is 47.0 Å². The molecule has 1 N–H and O–H groups in total. The van der Waals surface area contributed by atoms with Gasteiger partial charge in [0.1, 0.15) is 11.4 Å². The maximum absolute atomic E-state index is 6.23. The van der Waals surface area contributed by atoms with E-state index in [0.29, 0.717) is 11.8 Å². The summed E-state index contributed by atoms with van der Waals surface area (Å²) in [6.45, 7) is 5.11. The quantitative estimate of drug-likeness (QED) is 0.894. The molecule has 21 heavy (non-hydrogen) atoms. The van der Waals surface area contributed by atoms with E-state index in [2.05, 4.69) is 25.2 Å². The van der Waals surface area contributed by atoms with Gasteiger partial charge in [0.25, 0.3) is 0 Å². The van der Waals surface area contributed by atoms with Crippen LogP contribution in [-0.4, -0.2) is 23.6 Å². The summed E-state index contributed by atoms with van der Waals surface area (Å²) in [6, 6.07) is 2.10. The first-order valence-corrected chi connectivity index (χ1v) is 8.38. The van der Waals surface area contributed by atoms with Crippen LogP contribution < -0.4 is 5.32 Å². The van der Waals surface area contributed by atoms with Gasteiger partial charge in [-0.2, -0.15) is 0 Å². The molecule has 0 radical (unpaired) electrons. The van der Waals surface area contributed by atoms with E-state index in [1.54, 1.807) is 0 Å². The van der Waals surface area contributed by atoms with Crippen LogP contribution in [0.5, 0.6) is 0 Å². The van der Waals surface area contributed by atoms with Crippen molar-refractivity contribution in [3.8, 4) is 0 Å². The number of aromatic nitrogens is 2. The molecule has 2 unspecified atom stereocenters. The minimum atomic E-state index is -0.275. The smallest absolute Gasteiger partial charge is 0.162 e. The lowest BCUT2D eigenvalue weighted by Crippen LogP contribution is -2.37. The summed E-state index contributed by atoms with van der Waals surface area (Å²) in [4.78, 5) is 9.68. The molecule has 0 spiro atoms. The third-order valence-corrected chi connectivity index (χ3v) is 4.78. The first kappa shape index (κ1) is 14.8. The van der Waals surface area contributed by atoms with E-state index in [-0.39, 0.29) is 5.60 Å². The Hall–Kier alpha value is -1.16. The zero-order chi connectivity index (χ0) is 14.9. The molecular weight excluding hydrogens is 262 g/mol. The van der Waals surface area contributed by atoms with Crippen molar-refractivity contribution in [2.24, 2.45) is 5.92 Å². The molecule has 2 atom stereocenters. The van der Waals surface area contributed by atoms with Crippen molar-refractivity contribution in [3.63, 3.8) is 0 Å². The summed E-state index contributed by atoms with van der Waals surface area (Å²) >= 11 is 0. The maximum atomic E-state index is 6.23. The molecule has 2 aliphatic carbocycles. The highest BCUT2D eigenvalue weighted by Crippen LogP contribution is 2.44. The Kier molecular flexibility index (Phi) is 4.16. The van der Waals surface area contributed by atoms with Crippen molar-refractivity contribution in [2.45, 2.75) is 63.9 Å². The van der Waals surface area contributed by atoms with E-state index in [9.17, 15) is 0 Å². The van der Waals surface area contributed by atoms with Crippen LogP contribution in [0.3, 0.4) is 0 Å². The zero-order valence-electron chi connectivity index (χ0n) is 13.5. The summed E-state index contributed by atoms with van der Waals surface area (Å²) in [6.07, 6.45) is 7.10. The average Bonchev–Trinajstić information content (AvgIpc) is 3.32. The molecule has 3 rings (SSSR count). The fraction of sp³-hybridized carbons (Fsp3) is 0.765. The standard InChI is InChI=1S/C17H27N3O/c1-4-21-17(9-5-6-12(2)11-17)16-19-14(13-7-8-13)10-15(18-3)20-16/h10,12-13H,4-9,11H2,1-3H3,(H,18,19,20). The average molecular weight is 289 g/mol. The van der Waals surface area contributed by atoms with Crippen molar-refractivity contribution >= 4 is 5.82 Å². The minimum Gasteiger partial charge on any atom is -0.373 e. The lowest BCUT2D eigenvalue weighted by Gasteiger charge is -2.38. The second-order valence-corrected chi connectivity index (χ2v) is 6.65. The Morgan fingerprint density at radius 1 is 1.33 bits per heavy atom. The van der Waals surface area contributed by atoms with Crippen LogP contribution in [0.4, 0.5) is 5.82 Å². The van der Waals surface area contributed by atoms with Crippen LogP contribution in [0, 0.1) is 5.92 Å². The molecular formula is C17H27N3O. The number of hydrogen-bond acceptors (Lipinski definition) is 4. The van der Waals surface area contributed by atoms with Gasteiger partial charge in [-0.25, -0.2) is 9.97 Å². The molecule has 0 aromatic carbocycles. The molecule has 2 saturated carbocycles. The fourth-order valence-electron chi connectivity index (χ4n) is 3.56. The van der Waals surface area contributed by atoms with E-state index in [1.807, 2.05) is 7.05 Å². The Morgan fingerprint density at radius 3 is 2.76 bits per heavy atom. The second-order valence-electron chi connectivity index (χ2n) is 6.65. The molecule has 1 aromatic rings. The van der Waals surface area contributed by atoms with Crippen molar-refractivity contribution in [2.75, 3.05) is 19.0 Å². The van der Waals surface area contributed by atoms with E-state index >= 15 is 0 Å². The van der Waals surface area contributed by atoms with Gasteiger partial charge in [-0.05, 0) is 44.9 Å². The third kappa shape index (κ3) is 3.05. The zero-order valence-corrected chi connectivity index (χ0v) is 13.5. The van der Waals surface area contributed by atoms with Gasteiger partial charge in [-0.1, -0.05) is 13.3 Å². The van der Waals surface area contributed by atoms with Crippen LogP contribution >= 0.6 is 0 Å². The minimum absolute atomic E-state index is 0.275. The van der Waals surface area contributed by atoms with Crippen molar-refractivity contribution in [1.82, 2.24) is 9.97 Å². The van der Waals surface area contributed by atoms with Crippen molar-refractivity contribution in [1.29, 1.82) is 0 Å². The summed E-state index contributed by atoms with van der Waals surface area (Å²) < 4.78 is 6.23. The second kappa shape index (κ2) is 5.91. The highest BCUT2D eigenvalue weighted by atomic mass is 16.5. The monoisotopic (exact) mass is 289 g/mol. The van der Waals surface area contributed by atoms with Gasteiger partial charge in [-0.15, -0.1) is 0 Å². The number of nitrogens with one attached hydrogen (secondary N) is 1. The fourth-order valence-corrected chi connectivity index (χ4v) is 3.56. The van der Waals surface area contributed by atoms with Crippen LogP contribution in [-0.2, 0) is 10.3 Å². The molecule has 1 aromatic heterocycles. The number of ether oxygens (including phenoxy) is 1. The first-order valence-electron chi connectivity index (χ1n) is 8.38. The lowest BCUT2D eigenvalue weighted by atomic mass is 9.78. The van der Waals surface area contributed by atoms with Crippen molar-refractivity contribution < 1.29 is 4.74 Å². The molecule has 2 aliphatic rings. The molecule has 1 heterocycles. The summed E-state index contributed by atoms with van der Waals surface area (Å²) in [5.41, 5.74) is 0.921. The van der Waals surface area contributed by atoms with E-state index in [1.165, 1.54) is 31.4 Å². The van der Waals surface area contributed by atoms with Gasteiger partial charge >= 0.3 is 0 Å². The highest BCUT2D eigenvalue weighted by molar-refractivity contribution is 5.38. The van der Waals surface area contributed by atoms with Crippen LogP contribution in [0.1, 0.15) is 69.8 Å². The van der Waals surface area contributed by atoms with Crippen molar-refractivity contribution in [3.05, 3.63) is 17.6 Å². The molecule has 0 saturated heterocycles. The summed E-state index contributed by atoms with van der Waals surface area (Å²) in [7, 11) is 1.93. The number of rotatable bonds is 5. The van der Waals surface area contributed by atoms with Gasteiger partial charge in [-0.3, -0.25) is 0 Å². The number of anilines is 1. The van der Waals surface area contributed by atoms with Crippen LogP contribution in [0.25, 0.3) is 0 Å².